The molecule has 0 saturated heterocycles. The van der Waals surface area contributed by atoms with Gasteiger partial charge in [-0.15, -0.1) is 0 Å². The van der Waals surface area contributed by atoms with Gasteiger partial charge in [0.2, 0.25) is 5.82 Å². The van der Waals surface area contributed by atoms with Crippen LogP contribution in [0, 0.1) is 0 Å². The number of halogens is 2. The Bertz CT molecular complexity index is 574. The molecule has 1 aromatic heterocycles. The minimum atomic E-state index is -0.605. The van der Waals surface area contributed by atoms with Crippen molar-refractivity contribution in [3.63, 3.8) is 0 Å². The van der Waals surface area contributed by atoms with Gasteiger partial charge in [-0.3, -0.25) is 0 Å². The Kier molecular flexibility index (Phi) is 3.07. The fourth-order valence-corrected chi connectivity index (χ4v) is 1.84. The summed E-state index contributed by atoms with van der Waals surface area (Å²) in [6.45, 7) is 0. The van der Waals surface area contributed by atoms with E-state index in [9.17, 15) is 4.79 Å². The Morgan fingerprint density at radius 3 is 2.88 bits per heavy atom. The third-order valence-corrected chi connectivity index (χ3v) is 2.76. The Morgan fingerprint density at radius 2 is 2.19 bits per heavy atom. The maximum atomic E-state index is 11.3. The van der Waals surface area contributed by atoms with Crippen molar-refractivity contribution in [1.29, 1.82) is 0 Å². The molecule has 0 radical (unpaired) electrons. The summed E-state index contributed by atoms with van der Waals surface area (Å²) in [5, 5.41) is 0.912. The van der Waals surface area contributed by atoms with Gasteiger partial charge in [0.15, 0.2) is 0 Å². The SMILES string of the molecule is COC(=O)c1nc(Cl)c2cc(Br)ccc2n1. The maximum Gasteiger partial charge on any atom is 0.376 e. The molecule has 4 nitrogen and oxygen atoms in total. The maximum absolute atomic E-state index is 11.3. The van der Waals surface area contributed by atoms with Crippen LogP contribution < -0.4 is 0 Å². The smallest absolute Gasteiger partial charge is 0.376 e. The van der Waals surface area contributed by atoms with Gasteiger partial charge in [-0.2, -0.15) is 0 Å². The topological polar surface area (TPSA) is 52.1 Å². The van der Waals surface area contributed by atoms with Crippen molar-refractivity contribution in [3.05, 3.63) is 33.6 Å². The molecule has 0 fully saturated rings. The van der Waals surface area contributed by atoms with E-state index in [2.05, 4.69) is 30.6 Å². The molecule has 1 heterocycles. The number of nitrogens with zero attached hydrogens (tertiary/aromatic N) is 2. The first-order valence-corrected chi connectivity index (χ1v) is 5.50. The number of benzene rings is 1. The quantitative estimate of drug-likeness (QED) is 0.600. The van der Waals surface area contributed by atoms with Crippen molar-refractivity contribution < 1.29 is 9.53 Å². The molecule has 0 N–H and O–H groups in total. The zero-order valence-corrected chi connectivity index (χ0v) is 10.5. The lowest BCUT2D eigenvalue weighted by Gasteiger charge is -2.03. The Morgan fingerprint density at radius 1 is 1.44 bits per heavy atom. The lowest BCUT2D eigenvalue weighted by Crippen LogP contribution is -2.07. The van der Waals surface area contributed by atoms with Gasteiger partial charge in [-0.05, 0) is 18.2 Å². The molecule has 16 heavy (non-hydrogen) atoms. The zero-order chi connectivity index (χ0) is 11.7. The molecule has 0 aliphatic heterocycles. The number of fused-ring (bicyclic) bond motifs is 1. The summed E-state index contributed by atoms with van der Waals surface area (Å²) in [7, 11) is 1.27. The molecule has 2 rings (SSSR count). The molecule has 0 aliphatic carbocycles. The molecule has 0 amide bonds. The van der Waals surface area contributed by atoms with Crippen LogP contribution in [0.4, 0.5) is 0 Å². The fourth-order valence-electron chi connectivity index (χ4n) is 1.25. The Hall–Kier alpha value is -1.20. The molecule has 0 spiro atoms. The highest BCUT2D eigenvalue weighted by Gasteiger charge is 2.13. The van der Waals surface area contributed by atoms with Crippen LogP contribution in [0.1, 0.15) is 10.6 Å². The van der Waals surface area contributed by atoms with E-state index in [4.69, 9.17) is 11.6 Å². The summed E-state index contributed by atoms with van der Waals surface area (Å²) in [4.78, 5) is 19.2. The molecular formula is C10H6BrClN2O2. The largest absolute Gasteiger partial charge is 0.463 e. The van der Waals surface area contributed by atoms with Gasteiger partial charge in [0, 0.05) is 9.86 Å². The number of hydrogen-bond acceptors (Lipinski definition) is 4. The van der Waals surface area contributed by atoms with Gasteiger partial charge < -0.3 is 4.74 Å². The first-order valence-electron chi connectivity index (χ1n) is 4.33. The number of hydrogen-bond donors (Lipinski definition) is 0. The van der Waals surface area contributed by atoms with E-state index in [1.807, 2.05) is 6.07 Å². The summed E-state index contributed by atoms with van der Waals surface area (Å²) < 4.78 is 5.40. The van der Waals surface area contributed by atoms with E-state index < -0.39 is 5.97 Å². The first-order chi connectivity index (χ1) is 7.61. The monoisotopic (exact) mass is 300 g/mol. The summed E-state index contributed by atoms with van der Waals surface area (Å²) in [6.07, 6.45) is 0. The van der Waals surface area contributed by atoms with Crippen LogP contribution in [0.15, 0.2) is 22.7 Å². The summed E-state index contributed by atoms with van der Waals surface area (Å²) in [5.41, 5.74) is 0.601. The van der Waals surface area contributed by atoms with Crippen molar-refractivity contribution in [2.75, 3.05) is 7.11 Å². The molecule has 0 atom stereocenters. The van der Waals surface area contributed by atoms with Gasteiger partial charge in [0.1, 0.15) is 5.15 Å². The highest BCUT2D eigenvalue weighted by Crippen LogP contribution is 2.24. The van der Waals surface area contributed by atoms with Gasteiger partial charge in [0.25, 0.3) is 0 Å². The second-order valence-corrected chi connectivity index (χ2v) is 4.26. The summed E-state index contributed by atoms with van der Waals surface area (Å²) in [5.74, 6) is -0.644. The molecule has 0 bridgehead atoms. The standard InChI is InChI=1S/C10H6BrClN2O2/c1-16-10(15)9-13-7-3-2-5(11)4-6(7)8(12)14-9/h2-4H,1H3. The van der Waals surface area contributed by atoms with Crippen LogP contribution in [0.3, 0.4) is 0 Å². The molecule has 0 unspecified atom stereocenters. The Balaban J connectivity index is 2.68. The zero-order valence-electron chi connectivity index (χ0n) is 8.20. The average molecular weight is 302 g/mol. The van der Waals surface area contributed by atoms with Crippen molar-refractivity contribution in [2.45, 2.75) is 0 Å². The van der Waals surface area contributed by atoms with Crippen LogP contribution in [0.5, 0.6) is 0 Å². The Labute approximate surface area is 105 Å². The second-order valence-electron chi connectivity index (χ2n) is 2.99. The van der Waals surface area contributed by atoms with Crippen molar-refractivity contribution in [3.8, 4) is 0 Å². The van der Waals surface area contributed by atoms with Crippen LogP contribution in [0.2, 0.25) is 5.15 Å². The van der Waals surface area contributed by atoms with Gasteiger partial charge in [-0.25, -0.2) is 14.8 Å². The molecule has 1 aromatic carbocycles. The third kappa shape index (κ3) is 2.01. The first kappa shape index (κ1) is 11.3. The van der Waals surface area contributed by atoms with E-state index >= 15 is 0 Å². The summed E-state index contributed by atoms with van der Waals surface area (Å²) in [6, 6.07) is 5.35. The molecular weight excluding hydrogens is 295 g/mol. The number of ether oxygens (including phenoxy) is 1. The van der Waals surface area contributed by atoms with Crippen LogP contribution >= 0.6 is 27.5 Å². The minimum Gasteiger partial charge on any atom is -0.463 e. The lowest BCUT2D eigenvalue weighted by atomic mass is 10.2. The predicted octanol–water partition coefficient (Wildman–Crippen LogP) is 2.83. The molecule has 0 aliphatic rings. The normalized spacial score (nSPS) is 10.4. The molecule has 82 valence electrons. The summed E-state index contributed by atoms with van der Waals surface area (Å²) >= 11 is 9.28. The minimum absolute atomic E-state index is 0.0395. The number of carbonyl (C=O) groups excluding carboxylic acids is 1. The van der Waals surface area contributed by atoms with Crippen molar-refractivity contribution >= 4 is 44.4 Å². The molecule has 6 heteroatoms. The van der Waals surface area contributed by atoms with Gasteiger partial charge >= 0.3 is 5.97 Å². The number of methoxy groups -OCH3 is 1. The van der Waals surface area contributed by atoms with Crippen molar-refractivity contribution in [1.82, 2.24) is 9.97 Å². The van der Waals surface area contributed by atoms with E-state index in [1.54, 1.807) is 12.1 Å². The highest BCUT2D eigenvalue weighted by atomic mass is 79.9. The fraction of sp³-hybridized carbons (Fsp3) is 0.100. The predicted molar refractivity (Wildman–Crippen MR) is 63.6 cm³/mol. The van der Waals surface area contributed by atoms with E-state index in [0.29, 0.717) is 10.9 Å². The third-order valence-electron chi connectivity index (χ3n) is 1.98. The number of carbonyl (C=O) groups is 1. The van der Waals surface area contributed by atoms with E-state index in [0.717, 1.165) is 4.47 Å². The van der Waals surface area contributed by atoms with Crippen LogP contribution in [0.25, 0.3) is 10.9 Å². The van der Waals surface area contributed by atoms with E-state index in [1.165, 1.54) is 7.11 Å². The van der Waals surface area contributed by atoms with E-state index in [-0.39, 0.29) is 11.0 Å². The van der Waals surface area contributed by atoms with Crippen LogP contribution in [-0.2, 0) is 4.74 Å². The van der Waals surface area contributed by atoms with Crippen LogP contribution in [-0.4, -0.2) is 23.0 Å². The van der Waals surface area contributed by atoms with Crippen molar-refractivity contribution in [2.24, 2.45) is 0 Å². The number of esters is 1. The number of aromatic nitrogens is 2. The second kappa shape index (κ2) is 4.35. The number of rotatable bonds is 1. The van der Waals surface area contributed by atoms with Gasteiger partial charge in [0.05, 0.1) is 12.6 Å². The average Bonchev–Trinajstić information content (AvgIpc) is 2.28. The lowest BCUT2D eigenvalue weighted by molar-refractivity contribution is 0.0587. The van der Waals surface area contributed by atoms with Gasteiger partial charge in [-0.1, -0.05) is 27.5 Å². The highest BCUT2D eigenvalue weighted by molar-refractivity contribution is 9.10. The molecule has 0 saturated carbocycles. The molecule has 2 aromatic rings.